The molecule has 3 aromatic rings. The zero-order valence-electron chi connectivity index (χ0n) is 15.6. The van der Waals surface area contributed by atoms with Crippen LogP contribution in [-0.2, 0) is 14.8 Å². The lowest BCUT2D eigenvalue weighted by Gasteiger charge is -2.14. The molecule has 0 aliphatic heterocycles. The summed E-state index contributed by atoms with van der Waals surface area (Å²) in [6.45, 7) is 7.21. The molecule has 0 radical (unpaired) electrons. The Balaban J connectivity index is 2.17. The Bertz CT molecular complexity index is 1110. The minimum Gasteiger partial charge on any atom is -0.462 e. The van der Waals surface area contributed by atoms with Crippen molar-refractivity contribution < 1.29 is 22.4 Å². The molecule has 1 heterocycles. The number of benzene rings is 2. The van der Waals surface area contributed by atoms with E-state index in [0.717, 1.165) is 0 Å². The molecule has 7 heteroatoms. The standard InChI is InChI=1S/C20H21NO5S/c1-5-25-20(22)18-14(4)26-16-11-12(2)19(13(3)17(16)18)21-27(23,24)15-9-7-6-8-10-15/h6-11,21H,5H2,1-4H3. The van der Waals surface area contributed by atoms with E-state index in [9.17, 15) is 13.2 Å². The van der Waals surface area contributed by atoms with E-state index in [1.165, 1.54) is 12.1 Å². The Morgan fingerprint density at radius 1 is 1.15 bits per heavy atom. The van der Waals surface area contributed by atoms with Gasteiger partial charge in [-0.3, -0.25) is 4.72 Å². The summed E-state index contributed by atoms with van der Waals surface area (Å²) in [4.78, 5) is 12.5. The maximum atomic E-state index is 12.7. The summed E-state index contributed by atoms with van der Waals surface area (Å²) in [6.07, 6.45) is 0. The van der Waals surface area contributed by atoms with Gasteiger partial charge < -0.3 is 9.15 Å². The average molecular weight is 387 g/mol. The van der Waals surface area contributed by atoms with Crippen molar-refractivity contribution in [1.82, 2.24) is 0 Å². The van der Waals surface area contributed by atoms with Crippen LogP contribution >= 0.6 is 0 Å². The van der Waals surface area contributed by atoms with Gasteiger partial charge in [-0.1, -0.05) is 18.2 Å². The van der Waals surface area contributed by atoms with Gasteiger partial charge in [0.2, 0.25) is 0 Å². The number of nitrogens with one attached hydrogen (secondary N) is 1. The first-order valence-electron chi connectivity index (χ1n) is 8.54. The highest BCUT2D eigenvalue weighted by Crippen LogP contribution is 2.36. The zero-order valence-corrected chi connectivity index (χ0v) is 16.4. The number of hydrogen-bond donors (Lipinski definition) is 1. The van der Waals surface area contributed by atoms with Crippen LogP contribution in [0, 0.1) is 20.8 Å². The molecule has 2 aromatic carbocycles. The third kappa shape index (κ3) is 3.42. The number of ether oxygens (including phenoxy) is 1. The van der Waals surface area contributed by atoms with E-state index >= 15 is 0 Å². The van der Waals surface area contributed by atoms with Crippen LogP contribution in [0.5, 0.6) is 0 Å². The number of sulfonamides is 1. The molecular formula is C20H21NO5S. The van der Waals surface area contributed by atoms with Gasteiger partial charge in [-0.05, 0) is 57.0 Å². The van der Waals surface area contributed by atoms with Crippen molar-refractivity contribution >= 4 is 32.6 Å². The van der Waals surface area contributed by atoms with E-state index in [0.29, 0.717) is 39.1 Å². The predicted octanol–water partition coefficient (Wildman–Crippen LogP) is 4.34. The van der Waals surface area contributed by atoms with Crippen molar-refractivity contribution in [3.05, 3.63) is 58.8 Å². The van der Waals surface area contributed by atoms with E-state index in [-0.39, 0.29) is 11.5 Å². The molecule has 142 valence electrons. The van der Waals surface area contributed by atoms with Gasteiger partial charge in [-0.2, -0.15) is 0 Å². The largest absolute Gasteiger partial charge is 0.462 e. The van der Waals surface area contributed by atoms with Crippen LogP contribution in [-0.4, -0.2) is 21.0 Å². The lowest BCUT2D eigenvalue weighted by Crippen LogP contribution is -2.15. The molecule has 1 aromatic heterocycles. The van der Waals surface area contributed by atoms with Gasteiger partial charge in [0.1, 0.15) is 16.9 Å². The summed E-state index contributed by atoms with van der Waals surface area (Å²) in [7, 11) is -3.76. The molecule has 0 fully saturated rings. The van der Waals surface area contributed by atoms with Gasteiger partial charge in [-0.15, -0.1) is 0 Å². The Hall–Kier alpha value is -2.80. The van der Waals surface area contributed by atoms with Crippen molar-refractivity contribution in [3.8, 4) is 0 Å². The van der Waals surface area contributed by atoms with Gasteiger partial charge in [0.25, 0.3) is 10.0 Å². The third-order valence-electron chi connectivity index (χ3n) is 4.37. The molecule has 0 unspecified atom stereocenters. The van der Waals surface area contributed by atoms with Gasteiger partial charge in [0.15, 0.2) is 0 Å². The molecule has 0 bridgehead atoms. The van der Waals surface area contributed by atoms with E-state index in [4.69, 9.17) is 9.15 Å². The molecule has 3 rings (SSSR count). The number of aryl methyl sites for hydroxylation is 3. The fraction of sp³-hybridized carbons (Fsp3) is 0.250. The van der Waals surface area contributed by atoms with E-state index < -0.39 is 16.0 Å². The number of esters is 1. The van der Waals surface area contributed by atoms with Crippen LogP contribution in [0.3, 0.4) is 0 Å². The number of anilines is 1. The van der Waals surface area contributed by atoms with Crippen molar-refractivity contribution in [2.24, 2.45) is 0 Å². The molecule has 1 N–H and O–H groups in total. The monoisotopic (exact) mass is 387 g/mol. The Morgan fingerprint density at radius 3 is 2.44 bits per heavy atom. The summed E-state index contributed by atoms with van der Waals surface area (Å²) >= 11 is 0. The topological polar surface area (TPSA) is 85.6 Å². The summed E-state index contributed by atoms with van der Waals surface area (Å²) in [6, 6.07) is 9.85. The van der Waals surface area contributed by atoms with Gasteiger partial charge in [0, 0.05) is 5.39 Å². The Labute approximate surface area is 158 Å². The molecule has 0 saturated heterocycles. The van der Waals surface area contributed by atoms with Crippen LogP contribution < -0.4 is 4.72 Å². The smallest absolute Gasteiger partial charge is 0.342 e. The second-order valence-electron chi connectivity index (χ2n) is 6.24. The first-order valence-corrected chi connectivity index (χ1v) is 10.0. The molecule has 0 aliphatic carbocycles. The minimum atomic E-state index is -3.76. The van der Waals surface area contributed by atoms with E-state index in [1.807, 2.05) is 0 Å². The van der Waals surface area contributed by atoms with Crippen molar-refractivity contribution in [1.29, 1.82) is 0 Å². The molecule has 6 nitrogen and oxygen atoms in total. The maximum Gasteiger partial charge on any atom is 0.342 e. The van der Waals surface area contributed by atoms with Crippen LogP contribution in [0.2, 0.25) is 0 Å². The third-order valence-corrected chi connectivity index (χ3v) is 5.74. The minimum absolute atomic E-state index is 0.165. The fourth-order valence-electron chi connectivity index (χ4n) is 3.13. The molecule has 0 amide bonds. The van der Waals surface area contributed by atoms with Crippen LogP contribution in [0.15, 0.2) is 45.7 Å². The van der Waals surface area contributed by atoms with Crippen LogP contribution in [0.1, 0.15) is 34.2 Å². The quantitative estimate of drug-likeness (QED) is 0.659. The summed E-state index contributed by atoms with van der Waals surface area (Å²) < 4.78 is 39.0. The highest BCUT2D eigenvalue weighted by atomic mass is 32.2. The number of rotatable bonds is 5. The van der Waals surface area contributed by atoms with Gasteiger partial charge in [-0.25, -0.2) is 13.2 Å². The average Bonchev–Trinajstić information content (AvgIpc) is 2.95. The Morgan fingerprint density at radius 2 is 1.81 bits per heavy atom. The second-order valence-corrected chi connectivity index (χ2v) is 7.92. The first kappa shape index (κ1) is 19.0. The second kappa shape index (κ2) is 7.08. The molecule has 0 atom stereocenters. The molecule has 0 spiro atoms. The fourth-order valence-corrected chi connectivity index (χ4v) is 4.34. The maximum absolute atomic E-state index is 12.7. The number of hydrogen-bond acceptors (Lipinski definition) is 5. The summed E-state index contributed by atoms with van der Waals surface area (Å²) in [5.41, 5.74) is 2.59. The lowest BCUT2D eigenvalue weighted by atomic mass is 10.0. The van der Waals surface area contributed by atoms with Crippen molar-refractivity contribution in [2.45, 2.75) is 32.6 Å². The predicted molar refractivity (Wildman–Crippen MR) is 104 cm³/mol. The Kier molecular flexibility index (Phi) is 4.97. The molecular weight excluding hydrogens is 366 g/mol. The molecule has 0 aliphatic rings. The molecule has 0 saturated carbocycles. The van der Waals surface area contributed by atoms with Gasteiger partial charge in [0.05, 0.1) is 17.2 Å². The number of fused-ring (bicyclic) bond motifs is 1. The highest BCUT2D eigenvalue weighted by Gasteiger charge is 2.25. The number of carbonyl (C=O) groups excluding carboxylic acids is 1. The van der Waals surface area contributed by atoms with Crippen molar-refractivity contribution in [2.75, 3.05) is 11.3 Å². The summed E-state index contributed by atoms with van der Waals surface area (Å²) in [5.74, 6) is -0.0495. The van der Waals surface area contributed by atoms with Crippen LogP contribution in [0.4, 0.5) is 5.69 Å². The van der Waals surface area contributed by atoms with Crippen LogP contribution in [0.25, 0.3) is 11.0 Å². The SMILES string of the molecule is CCOC(=O)c1c(C)oc2cc(C)c(NS(=O)(=O)c3ccccc3)c(C)c12. The number of furan rings is 1. The normalized spacial score (nSPS) is 11.6. The lowest BCUT2D eigenvalue weighted by molar-refractivity contribution is 0.0526. The number of carbonyl (C=O) groups is 1. The summed E-state index contributed by atoms with van der Waals surface area (Å²) in [5, 5.41) is 0.558. The highest BCUT2D eigenvalue weighted by molar-refractivity contribution is 7.92. The zero-order chi connectivity index (χ0) is 19.8. The molecule has 27 heavy (non-hydrogen) atoms. The van der Waals surface area contributed by atoms with Crippen molar-refractivity contribution in [3.63, 3.8) is 0 Å². The van der Waals surface area contributed by atoms with Gasteiger partial charge >= 0.3 is 5.97 Å². The van der Waals surface area contributed by atoms with E-state index in [2.05, 4.69) is 4.72 Å². The first-order chi connectivity index (χ1) is 12.8. The van der Waals surface area contributed by atoms with E-state index in [1.54, 1.807) is 52.0 Å².